The number of ether oxygens (including phenoxy) is 1. The standard InChI is InChI=1S/C16H14Cl3NO2/c1-9-3-10(2)5-11(4-9)22-8-16(21)20-15-7-13(18)12(17)6-14(15)19/h3-7H,8H2,1-2H3,(H,20,21). The average molecular weight is 359 g/mol. The van der Waals surface area contributed by atoms with Crippen LogP contribution in [0.1, 0.15) is 11.1 Å². The van der Waals surface area contributed by atoms with Crippen LogP contribution in [0.5, 0.6) is 5.75 Å². The molecule has 2 aromatic carbocycles. The molecule has 6 heteroatoms. The summed E-state index contributed by atoms with van der Waals surface area (Å²) in [6.45, 7) is 3.81. The number of hydrogen-bond donors (Lipinski definition) is 1. The van der Waals surface area contributed by atoms with Gasteiger partial charge in [0, 0.05) is 0 Å². The van der Waals surface area contributed by atoms with E-state index in [1.54, 1.807) is 0 Å². The molecule has 0 aliphatic heterocycles. The van der Waals surface area contributed by atoms with Crippen molar-refractivity contribution in [2.75, 3.05) is 11.9 Å². The van der Waals surface area contributed by atoms with Crippen molar-refractivity contribution in [2.45, 2.75) is 13.8 Å². The fraction of sp³-hybridized carbons (Fsp3) is 0.188. The van der Waals surface area contributed by atoms with E-state index in [9.17, 15) is 4.79 Å². The van der Waals surface area contributed by atoms with E-state index in [0.29, 0.717) is 26.5 Å². The number of carbonyl (C=O) groups is 1. The van der Waals surface area contributed by atoms with Crippen LogP contribution >= 0.6 is 34.8 Å². The Morgan fingerprint density at radius 1 is 0.955 bits per heavy atom. The highest BCUT2D eigenvalue weighted by molar-refractivity contribution is 6.44. The Balaban J connectivity index is 2.00. The topological polar surface area (TPSA) is 38.3 Å². The van der Waals surface area contributed by atoms with Crippen molar-refractivity contribution < 1.29 is 9.53 Å². The molecule has 0 heterocycles. The summed E-state index contributed by atoms with van der Waals surface area (Å²) < 4.78 is 5.48. The fourth-order valence-corrected chi connectivity index (χ4v) is 2.56. The second kappa shape index (κ2) is 7.23. The Kier molecular flexibility index (Phi) is 5.57. The van der Waals surface area contributed by atoms with Crippen LogP contribution in [0, 0.1) is 13.8 Å². The number of hydrogen-bond acceptors (Lipinski definition) is 2. The SMILES string of the molecule is Cc1cc(C)cc(OCC(=O)Nc2cc(Cl)c(Cl)cc2Cl)c1. The first-order valence-electron chi connectivity index (χ1n) is 6.50. The van der Waals surface area contributed by atoms with E-state index >= 15 is 0 Å². The van der Waals surface area contributed by atoms with Crippen LogP contribution in [0.3, 0.4) is 0 Å². The minimum Gasteiger partial charge on any atom is -0.484 e. The molecule has 0 bridgehead atoms. The lowest BCUT2D eigenvalue weighted by molar-refractivity contribution is -0.118. The Hall–Kier alpha value is -1.42. The van der Waals surface area contributed by atoms with E-state index < -0.39 is 0 Å². The summed E-state index contributed by atoms with van der Waals surface area (Å²) in [6.07, 6.45) is 0. The number of nitrogens with one attached hydrogen (secondary N) is 1. The zero-order chi connectivity index (χ0) is 16.3. The van der Waals surface area contributed by atoms with Crippen LogP contribution in [0.25, 0.3) is 0 Å². The molecule has 0 fully saturated rings. The van der Waals surface area contributed by atoms with Crippen molar-refractivity contribution in [3.05, 3.63) is 56.5 Å². The molecule has 0 aromatic heterocycles. The van der Waals surface area contributed by atoms with Gasteiger partial charge >= 0.3 is 0 Å². The highest BCUT2D eigenvalue weighted by Crippen LogP contribution is 2.32. The summed E-state index contributed by atoms with van der Waals surface area (Å²) in [5.74, 6) is 0.312. The number of halogens is 3. The molecule has 0 radical (unpaired) electrons. The van der Waals surface area contributed by atoms with Crippen molar-refractivity contribution >= 4 is 46.4 Å². The van der Waals surface area contributed by atoms with Crippen molar-refractivity contribution in [3.8, 4) is 5.75 Å². The molecule has 116 valence electrons. The van der Waals surface area contributed by atoms with E-state index in [4.69, 9.17) is 39.5 Å². The average Bonchev–Trinajstić information content (AvgIpc) is 2.41. The third-order valence-corrected chi connectivity index (χ3v) is 3.88. The molecule has 1 N–H and O–H groups in total. The number of benzene rings is 2. The molecule has 2 rings (SSSR count). The van der Waals surface area contributed by atoms with Gasteiger partial charge in [-0.1, -0.05) is 40.9 Å². The van der Waals surface area contributed by atoms with Crippen LogP contribution in [-0.4, -0.2) is 12.5 Å². The minimum absolute atomic E-state index is 0.126. The molecule has 3 nitrogen and oxygen atoms in total. The quantitative estimate of drug-likeness (QED) is 0.755. The van der Waals surface area contributed by atoms with Crippen LogP contribution in [0.15, 0.2) is 30.3 Å². The molecular formula is C16H14Cl3NO2. The molecular weight excluding hydrogens is 345 g/mol. The largest absolute Gasteiger partial charge is 0.484 e. The van der Waals surface area contributed by atoms with Crippen molar-refractivity contribution in [1.82, 2.24) is 0 Å². The highest BCUT2D eigenvalue weighted by atomic mass is 35.5. The molecule has 0 spiro atoms. The summed E-state index contributed by atoms with van der Waals surface area (Å²) >= 11 is 17.7. The molecule has 2 aromatic rings. The van der Waals surface area contributed by atoms with Crippen LogP contribution in [-0.2, 0) is 4.79 Å². The number of anilines is 1. The first-order chi connectivity index (χ1) is 10.3. The monoisotopic (exact) mass is 357 g/mol. The molecule has 0 saturated heterocycles. The second-order valence-electron chi connectivity index (χ2n) is 4.91. The van der Waals surface area contributed by atoms with Gasteiger partial charge < -0.3 is 10.1 Å². The lowest BCUT2D eigenvalue weighted by atomic mass is 10.1. The Morgan fingerprint density at radius 3 is 2.18 bits per heavy atom. The van der Waals surface area contributed by atoms with Gasteiger partial charge in [0.1, 0.15) is 5.75 Å². The smallest absolute Gasteiger partial charge is 0.262 e. The molecule has 1 amide bonds. The highest BCUT2D eigenvalue weighted by Gasteiger charge is 2.10. The summed E-state index contributed by atoms with van der Waals surface area (Å²) in [7, 11) is 0. The Bertz CT molecular complexity index is 697. The zero-order valence-electron chi connectivity index (χ0n) is 12.0. The maximum Gasteiger partial charge on any atom is 0.262 e. The van der Waals surface area contributed by atoms with Gasteiger partial charge in [-0.05, 0) is 49.2 Å². The zero-order valence-corrected chi connectivity index (χ0v) is 14.3. The number of rotatable bonds is 4. The third kappa shape index (κ3) is 4.54. The molecule has 0 aliphatic carbocycles. The maximum atomic E-state index is 11.9. The molecule has 0 atom stereocenters. The van der Waals surface area contributed by atoms with Crippen molar-refractivity contribution in [1.29, 1.82) is 0 Å². The van der Waals surface area contributed by atoms with Gasteiger partial charge in [0.25, 0.3) is 5.91 Å². The van der Waals surface area contributed by atoms with Gasteiger partial charge in [-0.15, -0.1) is 0 Å². The van der Waals surface area contributed by atoms with Gasteiger partial charge in [-0.2, -0.15) is 0 Å². The molecule has 0 aliphatic rings. The lowest BCUT2D eigenvalue weighted by Crippen LogP contribution is -2.20. The second-order valence-corrected chi connectivity index (χ2v) is 6.13. The van der Waals surface area contributed by atoms with Gasteiger partial charge in [0.15, 0.2) is 6.61 Å². The number of aryl methyl sites for hydroxylation is 2. The van der Waals surface area contributed by atoms with Gasteiger partial charge in [0.2, 0.25) is 0 Å². The minimum atomic E-state index is -0.334. The van der Waals surface area contributed by atoms with Gasteiger partial charge in [-0.3, -0.25) is 4.79 Å². The van der Waals surface area contributed by atoms with E-state index in [2.05, 4.69) is 5.32 Å². The summed E-state index contributed by atoms with van der Waals surface area (Å²) in [6, 6.07) is 8.74. The fourth-order valence-electron chi connectivity index (χ4n) is 1.97. The first-order valence-corrected chi connectivity index (χ1v) is 7.64. The van der Waals surface area contributed by atoms with Crippen LogP contribution in [0.2, 0.25) is 15.1 Å². The Morgan fingerprint density at radius 2 is 1.55 bits per heavy atom. The van der Waals surface area contributed by atoms with E-state index in [1.807, 2.05) is 32.0 Å². The predicted molar refractivity (Wildman–Crippen MR) is 91.5 cm³/mol. The third-order valence-electron chi connectivity index (χ3n) is 2.85. The normalized spacial score (nSPS) is 10.4. The number of amides is 1. The molecule has 22 heavy (non-hydrogen) atoms. The molecule has 0 saturated carbocycles. The lowest BCUT2D eigenvalue weighted by Gasteiger charge is -2.10. The Labute approximate surface area is 144 Å². The maximum absolute atomic E-state index is 11.9. The summed E-state index contributed by atoms with van der Waals surface area (Å²) in [5.41, 5.74) is 2.54. The van der Waals surface area contributed by atoms with Gasteiger partial charge in [-0.25, -0.2) is 0 Å². The van der Waals surface area contributed by atoms with Gasteiger partial charge in [0.05, 0.1) is 20.8 Å². The van der Waals surface area contributed by atoms with E-state index in [1.165, 1.54) is 12.1 Å². The summed E-state index contributed by atoms with van der Waals surface area (Å²) in [5, 5.41) is 3.60. The molecule has 0 unspecified atom stereocenters. The van der Waals surface area contributed by atoms with Crippen molar-refractivity contribution in [3.63, 3.8) is 0 Å². The van der Waals surface area contributed by atoms with Crippen LogP contribution in [0.4, 0.5) is 5.69 Å². The van der Waals surface area contributed by atoms with Crippen molar-refractivity contribution in [2.24, 2.45) is 0 Å². The first kappa shape index (κ1) is 16.9. The number of carbonyl (C=O) groups excluding carboxylic acids is 1. The predicted octanol–water partition coefficient (Wildman–Crippen LogP) is 5.28. The van der Waals surface area contributed by atoms with E-state index in [-0.39, 0.29) is 12.5 Å². The van der Waals surface area contributed by atoms with Crippen LogP contribution < -0.4 is 10.1 Å². The summed E-state index contributed by atoms with van der Waals surface area (Å²) in [4.78, 5) is 11.9. The van der Waals surface area contributed by atoms with E-state index in [0.717, 1.165) is 11.1 Å².